The number of aliphatic carboxylic acids is 3. The van der Waals surface area contributed by atoms with Gasteiger partial charge in [0.2, 0.25) is 5.66 Å². The fourth-order valence-corrected chi connectivity index (χ4v) is 2.23. The first-order valence-electron chi connectivity index (χ1n) is 6.37. The number of carbonyl (C=O) groups is 3. The molecule has 0 amide bonds. The lowest BCUT2D eigenvalue weighted by Crippen LogP contribution is -2.58. The topological polar surface area (TPSA) is 128 Å². The molecular formula is C14H14N2O6S. The van der Waals surface area contributed by atoms with Crippen LogP contribution in [0.2, 0.25) is 0 Å². The average molecular weight is 338 g/mol. The molecule has 0 bridgehead atoms. The van der Waals surface area contributed by atoms with Gasteiger partial charge in [-0.3, -0.25) is 9.59 Å². The van der Waals surface area contributed by atoms with Gasteiger partial charge in [-0.05, 0) is 17.8 Å². The molecule has 23 heavy (non-hydrogen) atoms. The summed E-state index contributed by atoms with van der Waals surface area (Å²) in [6.45, 7) is -1.65. The molecule has 0 heterocycles. The van der Waals surface area contributed by atoms with Crippen LogP contribution in [0.1, 0.15) is 5.56 Å². The third kappa shape index (κ3) is 4.96. The molecule has 122 valence electrons. The maximum Gasteiger partial charge on any atom is 0.348 e. The smallest absolute Gasteiger partial charge is 0.348 e. The van der Waals surface area contributed by atoms with E-state index in [-0.39, 0.29) is 6.42 Å². The molecule has 0 radical (unpaired) electrons. The van der Waals surface area contributed by atoms with Gasteiger partial charge in [-0.25, -0.2) is 9.69 Å². The highest BCUT2D eigenvalue weighted by molar-refractivity contribution is 7.78. The number of hydrogen-bond donors (Lipinski definition) is 3. The van der Waals surface area contributed by atoms with Crippen LogP contribution in [0.5, 0.6) is 0 Å². The summed E-state index contributed by atoms with van der Waals surface area (Å²) in [6, 6.07) is 8.30. The highest BCUT2D eigenvalue weighted by Gasteiger charge is 2.46. The van der Waals surface area contributed by atoms with E-state index in [4.69, 9.17) is 10.2 Å². The van der Waals surface area contributed by atoms with Gasteiger partial charge in [0.25, 0.3) is 0 Å². The Morgan fingerprint density at radius 1 is 1.09 bits per heavy atom. The lowest BCUT2D eigenvalue weighted by molar-refractivity contribution is -0.156. The minimum Gasteiger partial charge on any atom is -0.480 e. The molecule has 0 fully saturated rings. The number of rotatable bonds is 9. The van der Waals surface area contributed by atoms with E-state index in [2.05, 4.69) is 17.2 Å². The first-order valence-corrected chi connectivity index (χ1v) is 6.77. The van der Waals surface area contributed by atoms with Crippen molar-refractivity contribution in [2.24, 2.45) is 4.99 Å². The molecule has 0 aliphatic heterocycles. The van der Waals surface area contributed by atoms with Crippen molar-refractivity contribution in [1.82, 2.24) is 4.90 Å². The second-order valence-corrected chi connectivity index (χ2v) is 4.81. The second kappa shape index (κ2) is 8.14. The number of aliphatic imine (C=N–C) groups is 1. The number of benzene rings is 1. The monoisotopic (exact) mass is 338 g/mol. The minimum absolute atomic E-state index is 0.257. The van der Waals surface area contributed by atoms with E-state index in [1.807, 2.05) is 5.16 Å². The van der Waals surface area contributed by atoms with Gasteiger partial charge in [0.05, 0.1) is 18.3 Å². The van der Waals surface area contributed by atoms with Crippen LogP contribution in [-0.2, 0) is 20.8 Å². The van der Waals surface area contributed by atoms with Crippen molar-refractivity contribution < 1.29 is 29.7 Å². The third-order valence-electron chi connectivity index (χ3n) is 3.04. The highest BCUT2D eigenvalue weighted by Crippen LogP contribution is 2.23. The van der Waals surface area contributed by atoms with Crippen LogP contribution < -0.4 is 0 Å². The lowest BCUT2D eigenvalue weighted by atomic mass is 9.98. The summed E-state index contributed by atoms with van der Waals surface area (Å²) in [6.07, 6.45) is -0.257. The number of carboxylic acid groups (broad SMARTS) is 3. The van der Waals surface area contributed by atoms with Gasteiger partial charge in [0.15, 0.2) is 0 Å². The molecule has 0 aliphatic rings. The highest BCUT2D eigenvalue weighted by atomic mass is 32.1. The van der Waals surface area contributed by atoms with Crippen LogP contribution in [0, 0.1) is 0 Å². The van der Waals surface area contributed by atoms with E-state index in [1.54, 1.807) is 30.3 Å². The second-order valence-electron chi connectivity index (χ2n) is 4.63. The Labute approximate surface area is 136 Å². The van der Waals surface area contributed by atoms with E-state index < -0.39 is 36.7 Å². The summed E-state index contributed by atoms with van der Waals surface area (Å²) in [5, 5.41) is 29.5. The largest absolute Gasteiger partial charge is 0.480 e. The van der Waals surface area contributed by atoms with Crippen molar-refractivity contribution >= 4 is 35.3 Å². The first kappa shape index (κ1) is 18.4. The van der Waals surface area contributed by atoms with Crippen LogP contribution in [0.3, 0.4) is 0 Å². The van der Waals surface area contributed by atoms with Gasteiger partial charge in [-0.1, -0.05) is 30.3 Å². The Bertz CT molecular complexity index is 624. The van der Waals surface area contributed by atoms with Crippen LogP contribution in [0.25, 0.3) is 0 Å². The van der Waals surface area contributed by atoms with Gasteiger partial charge < -0.3 is 15.3 Å². The molecule has 1 aromatic rings. The molecule has 1 aromatic carbocycles. The van der Waals surface area contributed by atoms with Crippen molar-refractivity contribution in [3.63, 3.8) is 0 Å². The van der Waals surface area contributed by atoms with Crippen molar-refractivity contribution in [1.29, 1.82) is 0 Å². The SMILES string of the molecule is O=C(O)CN(CC(=O)O)C(Cc1ccccc1)(N=C=S)C(=O)O. The number of nitrogens with zero attached hydrogens (tertiary/aromatic N) is 2. The molecule has 0 spiro atoms. The van der Waals surface area contributed by atoms with Crippen molar-refractivity contribution in [3.05, 3.63) is 35.9 Å². The van der Waals surface area contributed by atoms with Crippen LogP contribution >= 0.6 is 12.2 Å². The molecule has 1 rings (SSSR count). The van der Waals surface area contributed by atoms with E-state index >= 15 is 0 Å². The van der Waals surface area contributed by atoms with Gasteiger partial charge >= 0.3 is 17.9 Å². The molecule has 8 nitrogen and oxygen atoms in total. The van der Waals surface area contributed by atoms with Crippen molar-refractivity contribution in [3.8, 4) is 0 Å². The predicted octanol–water partition coefficient (Wildman–Crippen LogP) is 0.584. The average Bonchev–Trinajstić information content (AvgIpc) is 2.46. The molecule has 0 aromatic heterocycles. The van der Waals surface area contributed by atoms with Crippen LogP contribution in [0.4, 0.5) is 0 Å². The fraction of sp³-hybridized carbons (Fsp3) is 0.286. The summed E-state index contributed by atoms with van der Waals surface area (Å²) in [7, 11) is 0. The van der Waals surface area contributed by atoms with Gasteiger partial charge in [-0.15, -0.1) is 0 Å². The fourth-order valence-electron chi connectivity index (χ4n) is 2.08. The lowest BCUT2D eigenvalue weighted by Gasteiger charge is -2.34. The van der Waals surface area contributed by atoms with Crippen LogP contribution in [0.15, 0.2) is 35.3 Å². The van der Waals surface area contributed by atoms with Crippen molar-refractivity contribution in [2.75, 3.05) is 13.1 Å². The standard InChI is InChI=1S/C14H14N2O6S/c17-11(18)7-16(8-12(19)20)14(13(21)22,15-9-23)6-10-4-2-1-3-5-10/h1-5H,6-8H2,(H,17,18)(H,19,20)(H,21,22). The summed E-state index contributed by atoms with van der Waals surface area (Å²) in [5.74, 6) is -4.28. The zero-order valence-corrected chi connectivity index (χ0v) is 12.7. The Morgan fingerprint density at radius 2 is 1.61 bits per heavy atom. The normalized spacial score (nSPS) is 12.9. The molecule has 0 saturated carbocycles. The number of thiocarbonyl (C=S) groups is 1. The maximum atomic E-state index is 11.8. The maximum absolute atomic E-state index is 11.8. The molecule has 0 saturated heterocycles. The molecule has 9 heteroatoms. The number of carboxylic acids is 3. The molecule has 3 N–H and O–H groups in total. The Kier molecular flexibility index (Phi) is 6.52. The van der Waals surface area contributed by atoms with E-state index in [0.29, 0.717) is 5.56 Å². The molecule has 1 atom stereocenters. The van der Waals surface area contributed by atoms with E-state index in [0.717, 1.165) is 4.90 Å². The summed E-state index contributed by atoms with van der Waals surface area (Å²) < 4.78 is 0. The quantitative estimate of drug-likeness (QED) is 0.441. The Hall–Kier alpha value is -2.61. The van der Waals surface area contributed by atoms with Crippen molar-refractivity contribution in [2.45, 2.75) is 12.1 Å². The zero-order valence-electron chi connectivity index (χ0n) is 11.9. The zero-order chi connectivity index (χ0) is 17.5. The predicted molar refractivity (Wildman–Crippen MR) is 82.4 cm³/mol. The van der Waals surface area contributed by atoms with E-state index in [9.17, 15) is 19.5 Å². The molecule has 0 aliphatic carbocycles. The number of hydrogen-bond acceptors (Lipinski definition) is 6. The van der Waals surface area contributed by atoms with Gasteiger partial charge in [-0.2, -0.15) is 4.99 Å². The molecule has 1 unspecified atom stereocenters. The first-order chi connectivity index (χ1) is 10.8. The van der Waals surface area contributed by atoms with Crippen LogP contribution in [-0.4, -0.2) is 62.0 Å². The summed E-state index contributed by atoms with van der Waals surface area (Å²) in [4.78, 5) is 38.2. The van der Waals surface area contributed by atoms with Gasteiger partial charge in [0, 0.05) is 6.42 Å². The van der Waals surface area contributed by atoms with Gasteiger partial charge in [0.1, 0.15) is 0 Å². The summed E-state index contributed by atoms with van der Waals surface area (Å²) >= 11 is 4.48. The Morgan fingerprint density at radius 3 is 2.00 bits per heavy atom. The summed E-state index contributed by atoms with van der Waals surface area (Å²) in [5.41, 5.74) is -1.63. The molecular weight excluding hydrogens is 324 g/mol. The Balaban J connectivity index is 3.38. The number of isothiocyanates is 1. The third-order valence-corrected chi connectivity index (χ3v) is 3.13. The minimum atomic E-state index is -2.17. The van der Waals surface area contributed by atoms with E-state index in [1.165, 1.54) is 0 Å².